The first-order chi connectivity index (χ1) is 36.7. The Balaban J connectivity index is 1.19. The van der Waals surface area contributed by atoms with Crippen molar-refractivity contribution in [3.63, 3.8) is 0 Å². The van der Waals surface area contributed by atoms with Crippen LogP contribution < -0.4 is 19.6 Å². The van der Waals surface area contributed by atoms with Crippen molar-refractivity contribution >= 4 is 74.7 Å². The number of para-hydroxylation sites is 1. The maximum atomic E-state index is 13.5. The summed E-state index contributed by atoms with van der Waals surface area (Å²) in [6.45, 7) is 11.8. The number of ether oxygens (including phenoxy) is 10. The Morgan fingerprint density at radius 3 is 1.86 bits per heavy atom. The largest absolute Gasteiger partial charge is 0.491 e. The van der Waals surface area contributed by atoms with E-state index in [1.54, 1.807) is 18.2 Å². The molecule has 0 bridgehead atoms. The van der Waals surface area contributed by atoms with Gasteiger partial charge in [-0.3, -0.25) is 10.2 Å². The zero-order valence-electron chi connectivity index (χ0n) is 40.9. The highest BCUT2D eigenvalue weighted by Crippen LogP contribution is 2.26. The van der Waals surface area contributed by atoms with Gasteiger partial charge in [-0.15, -0.1) is 0 Å². The number of nitrogens with zero attached hydrogens (tertiary/aromatic N) is 2. The molecule has 3 unspecified atom stereocenters. The molecule has 0 aliphatic rings. The summed E-state index contributed by atoms with van der Waals surface area (Å²) in [5, 5.41) is 15.2. The molecule has 2 N–H and O–H groups in total. The number of carbonyl (C=O) groups is 7. The Kier molecular flexibility index (Phi) is 23.5. The van der Waals surface area contributed by atoms with E-state index in [4.69, 9.17) is 47.4 Å². The fraction of sp³-hybridized carbons (Fsp3) is 0.241. The summed E-state index contributed by atoms with van der Waals surface area (Å²) < 4.78 is 54.5. The van der Waals surface area contributed by atoms with Crippen molar-refractivity contribution < 1.29 is 86.0 Å². The molecule has 0 radical (unpaired) electrons. The molecule has 0 aliphatic heterocycles. The van der Waals surface area contributed by atoms with Gasteiger partial charge in [-0.25, -0.2) is 33.8 Å². The molecule has 76 heavy (non-hydrogen) atoms. The first-order valence-electron chi connectivity index (χ1n) is 23.1. The Hall–Kier alpha value is -8.99. The van der Waals surface area contributed by atoms with Crippen LogP contribution >= 0.6 is 11.3 Å². The number of aliphatic hydroxyl groups excluding tert-OH is 1. The van der Waals surface area contributed by atoms with E-state index in [1.165, 1.54) is 66.1 Å². The van der Waals surface area contributed by atoms with Crippen molar-refractivity contribution in [3.8, 4) is 17.2 Å². The molecule has 1 aromatic heterocycles. The maximum absolute atomic E-state index is 13.5. The highest BCUT2D eigenvalue weighted by atomic mass is 32.1. The Labute approximate surface area is 439 Å². The molecule has 0 spiro atoms. The van der Waals surface area contributed by atoms with Crippen molar-refractivity contribution in [2.24, 2.45) is 5.10 Å². The minimum absolute atomic E-state index is 0.0287. The Morgan fingerprint density at radius 1 is 0.645 bits per heavy atom. The molecule has 22 heteroatoms. The third-order valence-electron chi connectivity index (χ3n) is 9.91. The van der Waals surface area contributed by atoms with Crippen molar-refractivity contribution in [1.29, 1.82) is 0 Å². The lowest BCUT2D eigenvalue weighted by Crippen LogP contribution is -2.33. The first-order valence-corrected chi connectivity index (χ1v) is 23.9. The van der Waals surface area contributed by atoms with Crippen LogP contribution in [0.1, 0.15) is 44.7 Å². The average Bonchev–Trinajstić information content (AvgIpc) is 3.85. The summed E-state index contributed by atoms with van der Waals surface area (Å²) in [5.74, 6) is -4.17. The lowest BCUT2D eigenvalue weighted by Gasteiger charge is -2.21. The lowest BCUT2D eigenvalue weighted by atomic mass is 10.1. The summed E-state index contributed by atoms with van der Waals surface area (Å²) in [4.78, 5) is 89.4. The van der Waals surface area contributed by atoms with Crippen LogP contribution in [0.25, 0.3) is 10.2 Å². The van der Waals surface area contributed by atoms with Gasteiger partial charge in [0.2, 0.25) is 5.13 Å². The fourth-order valence-corrected chi connectivity index (χ4v) is 6.96. The van der Waals surface area contributed by atoms with Gasteiger partial charge in [0, 0.05) is 42.7 Å². The van der Waals surface area contributed by atoms with E-state index in [9.17, 15) is 38.7 Å². The Bertz CT molecular complexity index is 2830. The topological polar surface area (TPSA) is 269 Å². The standard InChI is InChI=1S/C54H53N3O18S/c1-5-46(58)66-27-24-50(62)73-41(33-71-48(60)7-3)31-69-39-18-14-36(15-19-39)52(64)68-26-23-35-13-22-44(38(29-35)30-55-57-54-56-43-11-9-10-12-45(43)76-54)75-53(65)37-16-20-40(21-17-37)70-32-42(34-72-49(61)8-4)74-51(63)25-28-67-47(59)6-2/h5-22,29-30,41-42,50,62H,1-4,23-28,31-34H2,(H,56,57)/b55-30+. The average molecular weight is 1060 g/mol. The normalized spacial score (nSPS) is 11.9. The predicted octanol–water partition coefficient (Wildman–Crippen LogP) is 6.43. The van der Waals surface area contributed by atoms with E-state index in [1.807, 2.05) is 24.3 Å². The number of nitrogens with one attached hydrogen (secondary N) is 1. The number of aliphatic hydroxyl groups is 1. The quantitative estimate of drug-likeness (QED) is 0.00893. The number of hydrogen-bond donors (Lipinski definition) is 2. The number of hydrogen-bond acceptors (Lipinski definition) is 22. The van der Waals surface area contributed by atoms with Gasteiger partial charge in [0.25, 0.3) is 0 Å². The highest BCUT2D eigenvalue weighted by Gasteiger charge is 2.21. The molecule has 1 heterocycles. The van der Waals surface area contributed by atoms with Crippen LogP contribution in [0.4, 0.5) is 5.13 Å². The zero-order chi connectivity index (χ0) is 54.7. The summed E-state index contributed by atoms with van der Waals surface area (Å²) in [5.41, 5.74) is 5.18. The summed E-state index contributed by atoms with van der Waals surface area (Å²) in [6.07, 6.45) is 1.85. The van der Waals surface area contributed by atoms with Gasteiger partial charge in [-0.1, -0.05) is 55.9 Å². The molecule has 0 saturated heterocycles. The zero-order valence-corrected chi connectivity index (χ0v) is 41.7. The number of carbonyl (C=O) groups excluding carboxylic acids is 7. The van der Waals surface area contributed by atoms with Gasteiger partial charge in [0.15, 0.2) is 12.4 Å². The summed E-state index contributed by atoms with van der Waals surface area (Å²) in [6, 6.07) is 24.5. The minimum atomic E-state index is -1.39. The molecule has 398 valence electrons. The van der Waals surface area contributed by atoms with Crippen LogP contribution in [0, 0.1) is 0 Å². The number of benzene rings is 4. The van der Waals surface area contributed by atoms with Crippen LogP contribution in [0.3, 0.4) is 0 Å². The van der Waals surface area contributed by atoms with Crippen molar-refractivity contribution in [3.05, 3.63) is 164 Å². The number of thiazole rings is 1. The lowest BCUT2D eigenvalue weighted by molar-refractivity contribution is -0.175. The van der Waals surface area contributed by atoms with Gasteiger partial charge >= 0.3 is 41.8 Å². The van der Waals surface area contributed by atoms with E-state index in [0.29, 0.717) is 22.0 Å². The molecular weight excluding hydrogens is 1010 g/mol. The van der Waals surface area contributed by atoms with E-state index < -0.39 is 60.3 Å². The fourth-order valence-electron chi connectivity index (χ4n) is 6.14. The van der Waals surface area contributed by atoms with Crippen molar-refractivity contribution in [2.75, 3.05) is 51.7 Å². The first kappa shape index (κ1) is 57.9. The van der Waals surface area contributed by atoms with Gasteiger partial charge in [-0.2, -0.15) is 5.10 Å². The second kappa shape index (κ2) is 30.9. The number of fused-ring (bicyclic) bond motifs is 1. The van der Waals surface area contributed by atoms with Crippen molar-refractivity contribution in [2.45, 2.75) is 37.8 Å². The van der Waals surface area contributed by atoms with E-state index >= 15 is 0 Å². The molecular formula is C54H53N3O18S. The number of rotatable bonds is 32. The third kappa shape index (κ3) is 20.1. The number of hydrazone groups is 1. The highest BCUT2D eigenvalue weighted by molar-refractivity contribution is 7.22. The van der Waals surface area contributed by atoms with Crippen LogP contribution in [0.5, 0.6) is 17.2 Å². The van der Waals surface area contributed by atoms with Crippen LogP contribution in [-0.4, -0.2) is 123 Å². The predicted molar refractivity (Wildman–Crippen MR) is 275 cm³/mol. The minimum Gasteiger partial charge on any atom is -0.491 e. The second-order valence-corrected chi connectivity index (χ2v) is 16.5. The molecule has 5 aromatic rings. The van der Waals surface area contributed by atoms with Gasteiger partial charge in [-0.05, 0) is 78.4 Å². The number of esters is 7. The smallest absolute Gasteiger partial charge is 0.343 e. The van der Waals surface area contributed by atoms with E-state index in [2.05, 4.69) is 41.8 Å². The van der Waals surface area contributed by atoms with Gasteiger partial charge in [0.05, 0.1) is 47.2 Å². The van der Waals surface area contributed by atoms with Gasteiger partial charge in [0.1, 0.15) is 56.4 Å². The van der Waals surface area contributed by atoms with Gasteiger partial charge < -0.3 is 52.5 Å². The van der Waals surface area contributed by atoms with Crippen LogP contribution in [0.15, 0.2) is 147 Å². The Morgan fingerprint density at radius 2 is 1.22 bits per heavy atom. The van der Waals surface area contributed by atoms with E-state index in [0.717, 1.165) is 34.5 Å². The van der Waals surface area contributed by atoms with Crippen LogP contribution in [0.2, 0.25) is 0 Å². The summed E-state index contributed by atoms with van der Waals surface area (Å²) in [7, 11) is 0. The maximum Gasteiger partial charge on any atom is 0.343 e. The third-order valence-corrected chi connectivity index (χ3v) is 10.8. The monoisotopic (exact) mass is 1060 g/mol. The molecule has 4 aromatic carbocycles. The molecule has 21 nitrogen and oxygen atoms in total. The second-order valence-electron chi connectivity index (χ2n) is 15.4. The molecule has 3 atom stereocenters. The summed E-state index contributed by atoms with van der Waals surface area (Å²) >= 11 is 1.39. The molecule has 0 aliphatic carbocycles. The van der Waals surface area contributed by atoms with E-state index in [-0.39, 0.29) is 88.1 Å². The number of aromatic nitrogens is 1. The molecule has 0 saturated carbocycles. The van der Waals surface area contributed by atoms with Crippen molar-refractivity contribution in [1.82, 2.24) is 4.98 Å². The molecule has 0 amide bonds. The van der Waals surface area contributed by atoms with Crippen LogP contribution in [-0.2, 0) is 63.6 Å². The molecule has 5 rings (SSSR count). The SMILES string of the molecule is C=CC(=O)OCCC(=O)OC(COC(=O)C=C)COc1ccc(C(=O)Oc2ccc(CCOC(=O)c3ccc(OCC(COC(=O)C=C)OC(O)CCOC(=O)C=C)cc3)cc2/C=N/Nc2nc3ccccc3s2)cc1. The molecule has 0 fully saturated rings. The number of anilines is 1.